The molecule has 3 amide bonds. The van der Waals surface area contributed by atoms with E-state index >= 15 is 0 Å². The molecule has 3 fully saturated rings. The predicted molar refractivity (Wildman–Crippen MR) is 121 cm³/mol. The van der Waals surface area contributed by atoms with Crippen molar-refractivity contribution in [2.45, 2.75) is 36.3 Å². The Morgan fingerprint density at radius 3 is 2.29 bits per heavy atom. The second-order valence-corrected chi connectivity index (χ2v) is 10.7. The number of carbonyl (C=O) groups is 4. The normalized spacial score (nSPS) is 31.2. The van der Waals surface area contributed by atoms with Gasteiger partial charge in [-0.15, -0.1) is 0 Å². The van der Waals surface area contributed by atoms with Gasteiger partial charge in [-0.05, 0) is 43.7 Å². The summed E-state index contributed by atoms with van der Waals surface area (Å²) in [6, 6.07) is 5.63. The fourth-order valence-corrected chi connectivity index (χ4v) is 7.07. The van der Waals surface area contributed by atoms with Crippen molar-refractivity contribution in [2.24, 2.45) is 23.7 Å². The number of alkyl halides is 2. The topological polar surface area (TPSA) is 92.8 Å². The Morgan fingerprint density at radius 2 is 1.71 bits per heavy atom. The largest absolute Gasteiger partial charge is 0.456 e. The number of carbonyl (C=O) groups excluding carboxylic acids is 4. The molecule has 2 aliphatic carbocycles. The first kappa shape index (κ1) is 22.5. The Bertz CT molecular complexity index is 920. The Balaban J connectivity index is 1.26. The van der Waals surface area contributed by atoms with Gasteiger partial charge >= 0.3 is 5.97 Å². The van der Waals surface area contributed by atoms with Crippen molar-refractivity contribution in [3.05, 3.63) is 29.3 Å². The van der Waals surface area contributed by atoms with Gasteiger partial charge in [0.1, 0.15) is 0 Å². The van der Waals surface area contributed by atoms with Crippen molar-refractivity contribution in [1.82, 2.24) is 4.90 Å². The van der Waals surface area contributed by atoms with Crippen LogP contribution in [0.15, 0.2) is 18.2 Å². The number of halogens is 2. The first-order chi connectivity index (χ1) is 14.7. The number of esters is 1. The van der Waals surface area contributed by atoms with E-state index in [9.17, 15) is 19.2 Å². The Kier molecular flexibility index (Phi) is 6.27. The molecule has 1 aromatic rings. The molecule has 0 unspecified atom stereocenters. The highest BCUT2D eigenvalue weighted by molar-refractivity contribution is 9.12. The molecule has 1 saturated heterocycles. The van der Waals surface area contributed by atoms with Gasteiger partial charge in [0.15, 0.2) is 6.61 Å². The zero-order valence-corrected chi connectivity index (χ0v) is 20.4. The van der Waals surface area contributed by atoms with Crippen molar-refractivity contribution in [3.8, 4) is 0 Å². The third-order valence-electron chi connectivity index (χ3n) is 6.64. The smallest absolute Gasteiger partial charge is 0.308 e. The SMILES string of the molecule is Cc1ccc(NC(=O)COC(=O)CCN2C(=O)[C@@H]3[C@H]4C[C@@H]([C@H](Br)[C@H]4Br)[C@@H]3C2=O)c(C)c1. The molecule has 7 nitrogen and oxygen atoms in total. The third-order valence-corrected chi connectivity index (χ3v) is 9.84. The summed E-state index contributed by atoms with van der Waals surface area (Å²) in [4.78, 5) is 51.4. The number of benzene rings is 1. The van der Waals surface area contributed by atoms with Gasteiger partial charge in [-0.3, -0.25) is 24.1 Å². The van der Waals surface area contributed by atoms with Crippen molar-refractivity contribution >= 4 is 61.2 Å². The van der Waals surface area contributed by atoms with Crippen LogP contribution in [0.2, 0.25) is 0 Å². The molecule has 4 rings (SSSR count). The summed E-state index contributed by atoms with van der Waals surface area (Å²) in [5.41, 5.74) is 2.67. The Hall–Kier alpha value is -1.74. The van der Waals surface area contributed by atoms with Gasteiger partial charge in [-0.2, -0.15) is 0 Å². The predicted octanol–water partition coefficient (Wildman–Crippen LogP) is 2.95. The molecule has 0 radical (unpaired) electrons. The van der Waals surface area contributed by atoms with Gasteiger partial charge in [0.05, 0.1) is 18.3 Å². The van der Waals surface area contributed by atoms with Gasteiger partial charge in [-0.1, -0.05) is 49.6 Å². The summed E-state index contributed by atoms with van der Waals surface area (Å²) in [6.07, 6.45) is 0.739. The van der Waals surface area contributed by atoms with Crippen LogP contribution in [0.5, 0.6) is 0 Å². The van der Waals surface area contributed by atoms with Gasteiger partial charge < -0.3 is 10.1 Å². The van der Waals surface area contributed by atoms with Crippen LogP contribution in [0.1, 0.15) is 24.0 Å². The number of aryl methyl sites for hydroxylation is 2. The third kappa shape index (κ3) is 4.06. The maximum absolute atomic E-state index is 12.8. The first-order valence-corrected chi connectivity index (χ1v) is 12.2. The number of hydrogen-bond donors (Lipinski definition) is 1. The van der Waals surface area contributed by atoms with Crippen LogP contribution in [-0.2, 0) is 23.9 Å². The van der Waals surface area contributed by atoms with Crippen molar-refractivity contribution in [3.63, 3.8) is 0 Å². The molecule has 3 aliphatic rings. The molecular weight excluding hydrogens is 532 g/mol. The lowest BCUT2D eigenvalue weighted by Gasteiger charge is -2.28. The number of nitrogens with zero attached hydrogens (tertiary/aromatic N) is 1. The molecule has 2 saturated carbocycles. The highest BCUT2D eigenvalue weighted by atomic mass is 79.9. The lowest BCUT2D eigenvalue weighted by Crippen LogP contribution is -2.37. The molecule has 1 aromatic carbocycles. The van der Waals surface area contributed by atoms with Crippen LogP contribution >= 0.6 is 31.9 Å². The average Bonchev–Trinajstić information content (AvgIpc) is 3.32. The van der Waals surface area contributed by atoms with Crippen molar-refractivity contribution < 1.29 is 23.9 Å². The zero-order valence-electron chi connectivity index (χ0n) is 17.3. The van der Waals surface area contributed by atoms with E-state index in [-0.39, 0.29) is 58.1 Å². The van der Waals surface area contributed by atoms with Crippen molar-refractivity contribution in [1.29, 1.82) is 0 Å². The number of ether oxygens (including phenoxy) is 1. The van der Waals surface area contributed by atoms with Crippen LogP contribution in [0.4, 0.5) is 5.69 Å². The number of hydrogen-bond acceptors (Lipinski definition) is 5. The quantitative estimate of drug-likeness (QED) is 0.331. The summed E-state index contributed by atoms with van der Waals surface area (Å²) in [6.45, 7) is 3.42. The van der Waals surface area contributed by atoms with E-state index in [1.807, 2.05) is 26.0 Å². The number of anilines is 1. The zero-order chi connectivity index (χ0) is 22.4. The minimum Gasteiger partial charge on any atom is -0.456 e. The van der Waals surface area contributed by atoms with Crippen LogP contribution in [-0.4, -0.2) is 51.4 Å². The second-order valence-electron chi connectivity index (χ2n) is 8.61. The van der Waals surface area contributed by atoms with E-state index in [0.29, 0.717) is 5.69 Å². The maximum atomic E-state index is 12.8. The molecule has 166 valence electrons. The molecule has 31 heavy (non-hydrogen) atoms. The average molecular weight is 556 g/mol. The summed E-state index contributed by atoms with van der Waals surface area (Å²) in [5.74, 6) is -1.74. The summed E-state index contributed by atoms with van der Waals surface area (Å²) >= 11 is 7.30. The Labute approximate surface area is 197 Å². The van der Waals surface area contributed by atoms with E-state index in [2.05, 4.69) is 37.2 Å². The number of amides is 3. The number of likely N-dealkylation sites (tertiary alicyclic amines) is 1. The van der Waals surface area contributed by atoms with E-state index in [4.69, 9.17) is 4.74 Å². The minimum absolute atomic E-state index is 0.0124. The van der Waals surface area contributed by atoms with Gasteiger partial charge in [0.25, 0.3) is 5.91 Å². The van der Waals surface area contributed by atoms with Gasteiger partial charge in [0, 0.05) is 21.9 Å². The number of fused-ring (bicyclic) bond motifs is 5. The standard InChI is InChI=1S/C22H24Br2N2O5/c1-10-3-4-14(11(2)7-10)25-15(27)9-31-16(28)5-6-26-21(29)17-12-8-13(18(17)22(26)30)20(24)19(12)23/h3-4,7,12-13,17-20H,5-6,8-9H2,1-2H3,(H,25,27)/t12-,13-,17-,18+,19+,20+/m1/s1. The number of nitrogens with one attached hydrogen (secondary N) is 1. The highest BCUT2D eigenvalue weighted by Gasteiger charge is 2.66. The molecule has 6 atom stereocenters. The Morgan fingerprint density at radius 1 is 1.10 bits per heavy atom. The number of rotatable bonds is 6. The molecule has 0 aromatic heterocycles. The molecule has 0 spiro atoms. The number of imide groups is 1. The molecule has 1 heterocycles. The molecule has 2 bridgehead atoms. The van der Waals surface area contributed by atoms with E-state index in [1.165, 1.54) is 4.90 Å². The summed E-state index contributed by atoms with van der Waals surface area (Å²) in [7, 11) is 0. The summed E-state index contributed by atoms with van der Waals surface area (Å²) in [5, 5.41) is 2.71. The summed E-state index contributed by atoms with van der Waals surface area (Å²) < 4.78 is 5.04. The first-order valence-electron chi connectivity index (χ1n) is 10.3. The van der Waals surface area contributed by atoms with Gasteiger partial charge in [-0.25, -0.2) is 0 Å². The van der Waals surface area contributed by atoms with Crippen LogP contribution < -0.4 is 5.32 Å². The lowest BCUT2D eigenvalue weighted by molar-refractivity contribution is -0.149. The fourth-order valence-electron chi connectivity index (χ4n) is 5.19. The maximum Gasteiger partial charge on any atom is 0.308 e. The monoisotopic (exact) mass is 554 g/mol. The van der Waals surface area contributed by atoms with Crippen LogP contribution in [0.25, 0.3) is 0 Å². The second kappa shape index (κ2) is 8.65. The fraction of sp³-hybridized carbons (Fsp3) is 0.545. The van der Waals surface area contributed by atoms with Crippen LogP contribution in [0.3, 0.4) is 0 Å². The molecule has 9 heteroatoms. The van der Waals surface area contributed by atoms with Crippen molar-refractivity contribution in [2.75, 3.05) is 18.5 Å². The van der Waals surface area contributed by atoms with E-state index in [1.54, 1.807) is 6.07 Å². The highest BCUT2D eigenvalue weighted by Crippen LogP contribution is 2.60. The molecule has 1 N–H and O–H groups in total. The van der Waals surface area contributed by atoms with Gasteiger partial charge in [0.2, 0.25) is 11.8 Å². The van der Waals surface area contributed by atoms with E-state index in [0.717, 1.165) is 17.5 Å². The van der Waals surface area contributed by atoms with Crippen LogP contribution in [0, 0.1) is 37.5 Å². The minimum atomic E-state index is -0.617. The van der Waals surface area contributed by atoms with E-state index < -0.39 is 18.5 Å². The molecular formula is C22H24Br2N2O5. The lowest BCUT2D eigenvalue weighted by atomic mass is 9.81. The molecule has 1 aliphatic heterocycles.